The number of carbonyl (C=O) groups is 2. The minimum atomic E-state index is -1.43. The summed E-state index contributed by atoms with van der Waals surface area (Å²) in [4.78, 5) is 22.9. The molecule has 1 aromatic rings. The SMILES string of the molecule is CCC(=O)N[C@H]1Cc2cccc(C(O)OCOC(=O)OC3CC3)c2OB1O. The summed E-state index contributed by atoms with van der Waals surface area (Å²) in [5.74, 6) is -0.500. The van der Waals surface area contributed by atoms with E-state index in [0.29, 0.717) is 18.4 Å². The Morgan fingerprint density at radius 1 is 1.41 bits per heavy atom. The number of hydrogen-bond acceptors (Lipinski definition) is 8. The van der Waals surface area contributed by atoms with Crippen LogP contribution >= 0.6 is 0 Å². The number of aliphatic hydroxyl groups excluding tert-OH is 1. The summed E-state index contributed by atoms with van der Waals surface area (Å²) in [6, 6.07) is 5.04. The Labute approximate surface area is 156 Å². The van der Waals surface area contributed by atoms with Gasteiger partial charge in [-0.15, -0.1) is 0 Å². The summed E-state index contributed by atoms with van der Waals surface area (Å²) in [6.45, 7) is 1.22. The van der Waals surface area contributed by atoms with Gasteiger partial charge in [0, 0.05) is 12.0 Å². The second-order valence-electron chi connectivity index (χ2n) is 6.42. The van der Waals surface area contributed by atoms with Crippen LogP contribution in [0.15, 0.2) is 18.2 Å². The number of aliphatic hydroxyl groups is 1. The highest BCUT2D eigenvalue weighted by Crippen LogP contribution is 2.34. The van der Waals surface area contributed by atoms with Gasteiger partial charge in [0.1, 0.15) is 11.9 Å². The minimum absolute atomic E-state index is 0.0837. The molecule has 1 unspecified atom stereocenters. The molecule has 9 nitrogen and oxygen atoms in total. The maximum atomic E-state index is 11.6. The summed E-state index contributed by atoms with van der Waals surface area (Å²) in [5.41, 5.74) is 0.988. The molecule has 3 N–H and O–H groups in total. The van der Waals surface area contributed by atoms with Crippen LogP contribution in [0.2, 0.25) is 0 Å². The first-order valence-electron chi connectivity index (χ1n) is 8.87. The van der Waals surface area contributed by atoms with Gasteiger partial charge in [0.25, 0.3) is 0 Å². The minimum Gasteiger partial charge on any atom is -0.534 e. The Morgan fingerprint density at radius 2 is 2.19 bits per heavy atom. The van der Waals surface area contributed by atoms with Crippen LogP contribution in [0.3, 0.4) is 0 Å². The quantitative estimate of drug-likeness (QED) is 0.361. The van der Waals surface area contributed by atoms with Crippen molar-refractivity contribution in [2.75, 3.05) is 6.79 Å². The van der Waals surface area contributed by atoms with Crippen LogP contribution in [0.1, 0.15) is 43.6 Å². The second-order valence-corrected chi connectivity index (χ2v) is 6.42. The Kier molecular flexibility index (Phi) is 6.20. The standard InChI is InChI=1S/C17H22BNO8/c1-2-14(20)19-13-8-10-4-3-5-12(15(10)27-18(13)23)16(21)24-9-25-17(22)26-11-6-7-11/h3-5,11,13,16,21,23H,2,6-9H2,1H3,(H,19,20)/t13-,16?/m0/s1. The Balaban J connectivity index is 1.59. The summed E-state index contributed by atoms with van der Waals surface area (Å²) in [6.07, 6.45) is -0.0654. The number of hydrogen-bond donors (Lipinski definition) is 3. The van der Waals surface area contributed by atoms with E-state index in [-0.39, 0.29) is 23.3 Å². The zero-order valence-corrected chi connectivity index (χ0v) is 14.9. The fraction of sp³-hybridized carbons (Fsp3) is 0.529. The van der Waals surface area contributed by atoms with Crippen LogP contribution in [-0.2, 0) is 25.4 Å². The van der Waals surface area contributed by atoms with Crippen LogP contribution in [0.4, 0.5) is 4.79 Å². The topological polar surface area (TPSA) is 124 Å². The van der Waals surface area contributed by atoms with Crippen molar-refractivity contribution >= 4 is 19.2 Å². The van der Waals surface area contributed by atoms with Gasteiger partial charge in [-0.3, -0.25) is 4.79 Å². The molecular weight excluding hydrogens is 357 g/mol. The third kappa shape index (κ3) is 5.12. The van der Waals surface area contributed by atoms with Gasteiger partial charge in [-0.2, -0.15) is 0 Å². The molecule has 1 fully saturated rings. The molecule has 3 rings (SSSR count). The van der Waals surface area contributed by atoms with Gasteiger partial charge >= 0.3 is 13.3 Å². The Morgan fingerprint density at radius 3 is 2.89 bits per heavy atom. The number of rotatable bonds is 7. The number of para-hydroxylation sites is 1. The molecule has 146 valence electrons. The zero-order chi connectivity index (χ0) is 19.4. The predicted molar refractivity (Wildman–Crippen MR) is 92.5 cm³/mol. The monoisotopic (exact) mass is 379 g/mol. The van der Waals surface area contributed by atoms with E-state index in [0.717, 1.165) is 12.8 Å². The van der Waals surface area contributed by atoms with Crippen molar-refractivity contribution in [2.24, 2.45) is 0 Å². The maximum absolute atomic E-state index is 11.6. The fourth-order valence-electron chi connectivity index (χ4n) is 2.67. The number of ether oxygens (including phenoxy) is 3. The van der Waals surface area contributed by atoms with E-state index in [9.17, 15) is 19.7 Å². The predicted octanol–water partition coefficient (Wildman–Crippen LogP) is 0.817. The van der Waals surface area contributed by atoms with Crippen LogP contribution in [0.5, 0.6) is 5.75 Å². The van der Waals surface area contributed by atoms with Crippen molar-refractivity contribution in [1.29, 1.82) is 0 Å². The van der Waals surface area contributed by atoms with Crippen molar-refractivity contribution in [3.05, 3.63) is 29.3 Å². The lowest BCUT2D eigenvalue weighted by Crippen LogP contribution is -2.53. The highest BCUT2D eigenvalue weighted by Gasteiger charge is 2.37. The van der Waals surface area contributed by atoms with Gasteiger partial charge in [-0.25, -0.2) is 4.79 Å². The van der Waals surface area contributed by atoms with Crippen molar-refractivity contribution in [2.45, 2.75) is 50.9 Å². The first-order valence-corrected chi connectivity index (χ1v) is 8.87. The molecule has 0 saturated heterocycles. The smallest absolute Gasteiger partial charge is 0.534 e. The molecule has 1 heterocycles. The molecule has 0 aromatic heterocycles. The van der Waals surface area contributed by atoms with Crippen LogP contribution < -0.4 is 9.97 Å². The first kappa shape index (κ1) is 19.5. The summed E-state index contributed by atoms with van der Waals surface area (Å²) in [5, 5.41) is 23.1. The molecule has 0 radical (unpaired) electrons. The summed E-state index contributed by atoms with van der Waals surface area (Å²) < 4.78 is 20.2. The largest absolute Gasteiger partial charge is 0.547 e. The molecule has 2 aliphatic rings. The molecule has 1 aliphatic carbocycles. The van der Waals surface area contributed by atoms with E-state index < -0.39 is 32.3 Å². The van der Waals surface area contributed by atoms with E-state index >= 15 is 0 Å². The van der Waals surface area contributed by atoms with E-state index in [4.69, 9.17) is 18.9 Å². The molecule has 0 bridgehead atoms. The van der Waals surface area contributed by atoms with Gasteiger partial charge in [-0.05, 0) is 24.8 Å². The Bertz CT molecular complexity index is 696. The van der Waals surface area contributed by atoms with Crippen molar-refractivity contribution in [1.82, 2.24) is 5.32 Å². The number of fused-ring (bicyclic) bond motifs is 1. The van der Waals surface area contributed by atoms with Gasteiger partial charge < -0.3 is 34.3 Å². The molecule has 1 aromatic carbocycles. The second kappa shape index (κ2) is 8.60. The lowest BCUT2D eigenvalue weighted by atomic mass is 9.72. The molecular formula is C17H22BNO8. The van der Waals surface area contributed by atoms with Crippen LogP contribution in [-0.4, -0.2) is 48.1 Å². The van der Waals surface area contributed by atoms with Crippen LogP contribution in [0, 0.1) is 0 Å². The average molecular weight is 379 g/mol. The van der Waals surface area contributed by atoms with E-state index in [1.165, 1.54) is 0 Å². The lowest BCUT2D eigenvalue weighted by molar-refractivity contribution is -0.162. The van der Waals surface area contributed by atoms with Crippen molar-refractivity contribution in [3.63, 3.8) is 0 Å². The molecule has 27 heavy (non-hydrogen) atoms. The third-order valence-corrected chi connectivity index (χ3v) is 4.27. The third-order valence-electron chi connectivity index (χ3n) is 4.27. The van der Waals surface area contributed by atoms with Gasteiger partial charge in [0.05, 0.1) is 5.94 Å². The number of carbonyl (C=O) groups excluding carboxylic acids is 2. The normalized spacial score (nSPS) is 19.5. The number of benzene rings is 1. The summed E-state index contributed by atoms with van der Waals surface area (Å²) in [7, 11) is -1.26. The molecule has 0 spiro atoms. The molecule has 1 aliphatic heterocycles. The van der Waals surface area contributed by atoms with E-state index in [1.807, 2.05) is 0 Å². The van der Waals surface area contributed by atoms with Gasteiger partial charge in [0.15, 0.2) is 13.1 Å². The van der Waals surface area contributed by atoms with Crippen molar-refractivity contribution < 1.29 is 38.6 Å². The molecule has 2 atom stereocenters. The number of amides is 1. The highest BCUT2D eigenvalue weighted by molar-refractivity contribution is 6.46. The molecule has 1 saturated carbocycles. The van der Waals surface area contributed by atoms with Gasteiger partial charge in [-0.1, -0.05) is 25.1 Å². The fourth-order valence-corrected chi connectivity index (χ4v) is 2.67. The highest BCUT2D eigenvalue weighted by atomic mass is 16.8. The molecule has 10 heteroatoms. The van der Waals surface area contributed by atoms with E-state index in [2.05, 4.69) is 5.32 Å². The zero-order valence-electron chi connectivity index (χ0n) is 14.9. The van der Waals surface area contributed by atoms with E-state index in [1.54, 1.807) is 25.1 Å². The van der Waals surface area contributed by atoms with Crippen molar-refractivity contribution in [3.8, 4) is 5.75 Å². The average Bonchev–Trinajstić information content (AvgIpc) is 3.45. The maximum Gasteiger partial charge on any atom is 0.547 e. The van der Waals surface area contributed by atoms with Crippen LogP contribution in [0.25, 0.3) is 0 Å². The van der Waals surface area contributed by atoms with Gasteiger partial charge in [0.2, 0.25) is 5.91 Å². The lowest BCUT2D eigenvalue weighted by Gasteiger charge is -2.30. The first-order chi connectivity index (χ1) is 13.0. The number of nitrogens with one attached hydrogen (secondary N) is 1. The summed E-state index contributed by atoms with van der Waals surface area (Å²) >= 11 is 0. The Hall–Kier alpha value is -2.30. The molecule has 1 amide bonds.